The Morgan fingerprint density at radius 1 is 0.533 bits per heavy atom. The van der Waals surface area contributed by atoms with Gasteiger partial charge < -0.3 is 0 Å². The highest BCUT2D eigenvalue weighted by molar-refractivity contribution is 7.15. The molecular formula is C28H21BSi. The molecule has 30 heavy (non-hydrogen) atoms. The lowest BCUT2D eigenvalue weighted by atomic mass is 9.38. The Balaban J connectivity index is 1.65. The van der Waals surface area contributed by atoms with Crippen LogP contribution in [-0.4, -0.2) is 14.8 Å². The molecule has 0 nitrogen and oxygen atoms in total. The van der Waals surface area contributed by atoms with Crippen LogP contribution in [0.2, 0.25) is 13.1 Å². The summed E-state index contributed by atoms with van der Waals surface area (Å²) in [4.78, 5) is 0. The number of benzene rings is 5. The van der Waals surface area contributed by atoms with Crippen molar-refractivity contribution < 1.29 is 0 Å². The number of fused-ring (bicyclic) bond motifs is 7. The smallest absolute Gasteiger partial charge is 0.0683 e. The molecular weight excluding hydrogens is 375 g/mol. The van der Waals surface area contributed by atoms with Crippen LogP contribution in [-0.2, 0) is 0 Å². The maximum absolute atomic E-state index is 2.53. The van der Waals surface area contributed by atoms with Crippen molar-refractivity contribution in [3.05, 3.63) is 91.0 Å². The summed E-state index contributed by atoms with van der Waals surface area (Å²) < 4.78 is 0. The summed E-state index contributed by atoms with van der Waals surface area (Å²) in [6, 6.07) is 34.6. The van der Waals surface area contributed by atoms with E-state index in [1.807, 2.05) is 0 Å². The van der Waals surface area contributed by atoms with E-state index in [4.69, 9.17) is 0 Å². The van der Waals surface area contributed by atoms with Gasteiger partial charge in [-0.1, -0.05) is 125 Å². The van der Waals surface area contributed by atoms with Gasteiger partial charge in [0.25, 0.3) is 0 Å². The number of hydrogen-bond donors (Lipinski definition) is 0. The zero-order chi connectivity index (χ0) is 20.0. The van der Waals surface area contributed by atoms with E-state index in [1.165, 1.54) is 38.1 Å². The van der Waals surface area contributed by atoms with Gasteiger partial charge in [0.2, 0.25) is 6.71 Å². The van der Waals surface area contributed by atoms with Crippen molar-refractivity contribution in [2.45, 2.75) is 13.1 Å². The van der Waals surface area contributed by atoms with Crippen LogP contribution in [0.5, 0.6) is 0 Å². The SMILES string of the molecule is C[Si]1(C)c2cc3ccccc3cc2B2c3cc4ccccc4cc3-c3cccc1c32. The Morgan fingerprint density at radius 2 is 1.13 bits per heavy atom. The highest BCUT2D eigenvalue weighted by Crippen LogP contribution is 2.29. The van der Waals surface area contributed by atoms with E-state index in [0.717, 1.165) is 0 Å². The molecule has 5 aromatic rings. The quantitative estimate of drug-likeness (QED) is 0.344. The van der Waals surface area contributed by atoms with Crippen molar-refractivity contribution in [2.75, 3.05) is 0 Å². The molecule has 0 aromatic heterocycles. The number of hydrogen-bond acceptors (Lipinski definition) is 0. The molecule has 0 N–H and O–H groups in total. The Kier molecular flexibility index (Phi) is 3.07. The Labute approximate surface area is 178 Å². The van der Waals surface area contributed by atoms with Gasteiger partial charge in [-0.2, -0.15) is 0 Å². The zero-order valence-corrected chi connectivity index (χ0v) is 18.2. The average Bonchev–Trinajstić information content (AvgIpc) is 3.09. The molecule has 0 amide bonds. The van der Waals surface area contributed by atoms with Crippen LogP contribution in [0.25, 0.3) is 32.7 Å². The van der Waals surface area contributed by atoms with Gasteiger partial charge in [0, 0.05) is 0 Å². The summed E-state index contributed by atoms with van der Waals surface area (Å²) in [6.45, 7) is 5.42. The highest BCUT2D eigenvalue weighted by atomic mass is 28.3. The number of rotatable bonds is 0. The van der Waals surface area contributed by atoms with Crippen LogP contribution in [0.1, 0.15) is 0 Å². The maximum atomic E-state index is 2.53. The minimum absolute atomic E-state index is 0.357. The van der Waals surface area contributed by atoms with Gasteiger partial charge in [-0.3, -0.25) is 0 Å². The van der Waals surface area contributed by atoms with Crippen molar-refractivity contribution in [1.82, 2.24) is 0 Å². The molecule has 0 bridgehead atoms. The molecule has 0 spiro atoms. The first-order valence-electron chi connectivity index (χ1n) is 10.8. The summed E-state index contributed by atoms with van der Waals surface area (Å²) in [5, 5.41) is 8.63. The first-order chi connectivity index (χ1) is 14.6. The molecule has 2 heteroatoms. The molecule has 0 saturated carbocycles. The second-order valence-corrected chi connectivity index (χ2v) is 13.7. The summed E-state index contributed by atoms with van der Waals surface area (Å²) in [6.07, 6.45) is 0. The Hall–Kier alpha value is -3.10. The average molecular weight is 396 g/mol. The predicted molar refractivity (Wildman–Crippen MR) is 135 cm³/mol. The van der Waals surface area contributed by atoms with E-state index in [9.17, 15) is 0 Å². The van der Waals surface area contributed by atoms with E-state index in [0.29, 0.717) is 6.71 Å². The standard InChI is InChI=1S/C28H21BSi/c1-30(2)26-13-7-12-22-23-14-18-8-3-4-9-19(18)15-24(23)29(28(22)26)25-16-20-10-5-6-11-21(20)17-27(25)30/h3-17H,1-2H3. The van der Waals surface area contributed by atoms with E-state index >= 15 is 0 Å². The summed E-state index contributed by atoms with van der Waals surface area (Å²) in [7, 11) is -1.78. The lowest BCUT2D eigenvalue weighted by molar-refractivity contribution is 1.70. The van der Waals surface area contributed by atoms with Gasteiger partial charge in [-0.05, 0) is 38.7 Å². The minimum Gasteiger partial charge on any atom is -0.0683 e. The monoisotopic (exact) mass is 396 g/mol. The van der Waals surface area contributed by atoms with E-state index in [1.54, 1.807) is 21.3 Å². The molecule has 0 unspecified atom stereocenters. The summed E-state index contributed by atoms with van der Waals surface area (Å²) in [5.41, 5.74) is 7.50. The van der Waals surface area contributed by atoms with E-state index < -0.39 is 8.07 Å². The van der Waals surface area contributed by atoms with Crippen molar-refractivity contribution in [3.8, 4) is 11.1 Å². The third-order valence-electron chi connectivity index (χ3n) is 7.49. The fourth-order valence-corrected chi connectivity index (χ4v) is 9.26. The molecule has 7 rings (SSSR count). The summed E-state index contributed by atoms with van der Waals surface area (Å²) >= 11 is 0. The largest absolute Gasteiger partial charge is 0.242 e. The first kappa shape index (κ1) is 16.7. The van der Waals surface area contributed by atoms with Gasteiger partial charge in [-0.15, -0.1) is 0 Å². The van der Waals surface area contributed by atoms with Gasteiger partial charge in [-0.25, -0.2) is 0 Å². The normalized spacial score (nSPS) is 15.2. The van der Waals surface area contributed by atoms with Crippen molar-refractivity contribution >= 4 is 63.1 Å². The van der Waals surface area contributed by atoms with Crippen LogP contribution in [0.15, 0.2) is 91.0 Å². The molecule has 2 heterocycles. The third-order valence-corrected chi connectivity index (χ3v) is 11.1. The van der Waals surface area contributed by atoms with Gasteiger partial charge in [0.1, 0.15) is 8.07 Å². The molecule has 140 valence electrons. The van der Waals surface area contributed by atoms with Gasteiger partial charge in [0.15, 0.2) is 0 Å². The molecule has 0 atom stereocenters. The van der Waals surface area contributed by atoms with Gasteiger partial charge in [0.05, 0.1) is 0 Å². The topological polar surface area (TPSA) is 0 Å². The maximum Gasteiger partial charge on any atom is 0.242 e. The second-order valence-electron chi connectivity index (χ2n) is 9.40. The predicted octanol–water partition coefficient (Wildman–Crippen LogP) is 3.63. The van der Waals surface area contributed by atoms with Gasteiger partial charge >= 0.3 is 0 Å². The molecule has 0 radical (unpaired) electrons. The molecule has 0 fully saturated rings. The zero-order valence-electron chi connectivity index (χ0n) is 17.2. The highest BCUT2D eigenvalue weighted by Gasteiger charge is 2.46. The molecule has 0 aliphatic carbocycles. The van der Waals surface area contributed by atoms with Crippen molar-refractivity contribution in [2.24, 2.45) is 0 Å². The molecule has 0 saturated heterocycles. The van der Waals surface area contributed by atoms with Crippen LogP contribution in [0.4, 0.5) is 0 Å². The first-order valence-corrected chi connectivity index (χ1v) is 13.8. The molecule has 2 aliphatic heterocycles. The van der Waals surface area contributed by atoms with Crippen LogP contribution < -0.4 is 26.8 Å². The Morgan fingerprint density at radius 3 is 1.83 bits per heavy atom. The molecule has 2 aliphatic rings. The fraction of sp³-hybridized carbons (Fsp3) is 0.0714. The minimum atomic E-state index is -1.78. The fourth-order valence-electron chi connectivity index (χ4n) is 6.05. The van der Waals surface area contributed by atoms with Crippen LogP contribution >= 0.6 is 0 Å². The lowest BCUT2D eigenvalue weighted by Gasteiger charge is -2.36. The van der Waals surface area contributed by atoms with E-state index in [-0.39, 0.29) is 0 Å². The van der Waals surface area contributed by atoms with Crippen molar-refractivity contribution in [1.29, 1.82) is 0 Å². The summed E-state index contributed by atoms with van der Waals surface area (Å²) in [5.74, 6) is 0. The molecule has 5 aromatic carbocycles. The Bertz CT molecular complexity index is 1530. The van der Waals surface area contributed by atoms with Crippen LogP contribution in [0, 0.1) is 0 Å². The lowest BCUT2D eigenvalue weighted by Crippen LogP contribution is -2.75. The third kappa shape index (κ3) is 1.97. The second kappa shape index (κ2) is 5.53. The van der Waals surface area contributed by atoms with Crippen molar-refractivity contribution in [3.63, 3.8) is 0 Å². The van der Waals surface area contributed by atoms with E-state index in [2.05, 4.69) is 104 Å². The van der Waals surface area contributed by atoms with Crippen LogP contribution in [0.3, 0.4) is 0 Å².